The highest BCUT2D eigenvalue weighted by molar-refractivity contribution is 8.11. The molecule has 0 bridgehead atoms. The Balaban J connectivity index is 1.46. The Bertz CT molecular complexity index is 1310. The normalized spacial score (nSPS) is 23.8. The summed E-state index contributed by atoms with van der Waals surface area (Å²) in [5.74, 6) is 1.06. The average molecular weight is 631 g/mol. The number of nitrogens with one attached hydrogen (secondary N) is 1. The molecule has 0 spiro atoms. The topological polar surface area (TPSA) is 59.9 Å². The van der Waals surface area contributed by atoms with E-state index in [9.17, 15) is 18.0 Å². The fraction of sp³-hybridized carbons (Fsp3) is 0.543. The highest BCUT2D eigenvalue weighted by Gasteiger charge is 2.34. The highest BCUT2D eigenvalue weighted by atomic mass is 32.2. The van der Waals surface area contributed by atoms with Crippen LogP contribution in [0, 0.1) is 17.8 Å². The Morgan fingerprint density at radius 2 is 1.93 bits per heavy atom. The summed E-state index contributed by atoms with van der Waals surface area (Å²) in [6.45, 7) is 10.9. The van der Waals surface area contributed by atoms with Crippen molar-refractivity contribution in [3.63, 3.8) is 0 Å². The molecule has 5 nitrogen and oxygen atoms in total. The largest absolute Gasteiger partial charge is 0.491 e. The number of nitrogens with zero attached hydrogens (tertiary/aromatic N) is 1. The number of benzene rings is 1. The summed E-state index contributed by atoms with van der Waals surface area (Å²) in [5, 5.41) is 3.32. The van der Waals surface area contributed by atoms with Crippen LogP contribution >= 0.6 is 11.8 Å². The zero-order valence-corrected chi connectivity index (χ0v) is 27.0. The molecular formula is C35H45F3N2O3S. The Hall–Kier alpha value is -2.62. The van der Waals surface area contributed by atoms with Crippen LogP contribution in [0.25, 0.3) is 4.91 Å². The van der Waals surface area contributed by atoms with Gasteiger partial charge in [0.2, 0.25) is 0 Å². The van der Waals surface area contributed by atoms with Crippen LogP contribution in [0.1, 0.15) is 82.1 Å². The monoisotopic (exact) mass is 630 g/mol. The Morgan fingerprint density at radius 3 is 2.66 bits per heavy atom. The first-order valence-corrected chi connectivity index (χ1v) is 16.6. The SMILES string of the molecule is CCC1=CC(C)CC=C(c2cc(OC[C@H]3CNCCO3)cc(C(=O)CCC[C@H](C)C3=CC(C)CC=C(C(F)(F)F)N=C3)c2)S1. The van der Waals surface area contributed by atoms with E-state index in [1.54, 1.807) is 11.8 Å². The minimum atomic E-state index is -4.47. The van der Waals surface area contributed by atoms with Crippen LogP contribution in [0.5, 0.6) is 5.75 Å². The number of ether oxygens (including phenoxy) is 2. The Kier molecular flexibility index (Phi) is 12.5. The molecule has 1 saturated heterocycles. The molecule has 240 valence electrons. The molecule has 3 heterocycles. The third-order valence-corrected chi connectivity index (χ3v) is 9.41. The smallest absolute Gasteiger partial charge is 0.433 e. The van der Waals surface area contributed by atoms with Gasteiger partial charge in [-0.3, -0.25) is 9.79 Å². The quantitative estimate of drug-likeness (QED) is 0.248. The van der Waals surface area contributed by atoms with Gasteiger partial charge < -0.3 is 14.8 Å². The summed E-state index contributed by atoms with van der Waals surface area (Å²) in [6.07, 6.45) is 8.34. The zero-order chi connectivity index (χ0) is 31.7. The van der Waals surface area contributed by atoms with Gasteiger partial charge in [0, 0.05) is 36.2 Å². The van der Waals surface area contributed by atoms with Gasteiger partial charge >= 0.3 is 6.18 Å². The molecule has 44 heavy (non-hydrogen) atoms. The number of aliphatic imine (C=N–C) groups is 1. The average Bonchev–Trinajstić information content (AvgIpc) is 3.18. The predicted octanol–water partition coefficient (Wildman–Crippen LogP) is 8.93. The molecule has 0 amide bonds. The van der Waals surface area contributed by atoms with Gasteiger partial charge in [0.05, 0.1) is 6.61 Å². The molecule has 1 aromatic carbocycles. The fourth-order valence-electron chi connectivity index (χ4n) is 5.46. The number of thioether (sulfide) groups is 1. The first kappa shape index (κ1) is 34.3. The van der Waals surface area contributed by atoms with E-state index >= 15 is 0 Å². The van der Waals surface area contributed by atoms with Crippen LogP contribution in [-0.2, 0) is 4.74 Å². The van der Waals surface area contributed by atoms with Gasteiger partial charge in [-0.15, -0.1) is 0 Å². The van der Waals surface area contributed by atoms with E-state index in [-0.39, 0.29) is 30.1 Å². The maximum Gasteiger partial charge on any atom is 0.433 e. The highest BCUT2D eigenvalue weighted by Crippen LogP contribution is 2.41. The molecule has 0 saturated carbocycles. The van der Waals surface area contributed by atoms with E-state index in [1.807, 2.05) is 38.1 Å². The number of morpholine rings is 1. The fourth-order valence-corrected chi connectivity index (χ4v) is 6.60. The Labute approximate surface area is 264 Å². The van der Waals surface area contributed by atoms with Gasteiger partial charge in [0.15, 0.2) is 5.78 Å². The maximum atomic E-state index is 13.5. The standard InChI is InChI=1S/C35H45F3N2O3S/c1-5-31-16-24(3)9-11-33(44-31)27-17-26(18-29(19-27)43-22-30-21-39-13-14-42-30)32(41)8-6-7-25(4)28-15-23(2)10-12-34(40-20-28)35(36,37)38/h11-12,15-20,23-25,30,39H,5-10,13-14,21-22H2,1-4H3/t23?,24?,25-,30+/m0/s1. The van der Waals surface area contributed by atoms with Crippen molar-refractivity contribution in [2.45, 2.75) is 78.5 Å². The number of ketones is 1. The van der Waals surface area contributed by atoms with Crippen LogP contribution in [-0.4, -0.2) is 50.6 Å². The lowest BCUT2D eigenvalue weighted by atomic mass is 9.90. The van der Waals surface area contributed by atoms with E-state index in [4.69, 9.17) is 9.47 Å². The number of carbonyl (C=O) groups is 1. The van der Waals surface area contributed by atoms with Gasteiger partial charge in [-0.25, -0.2) is 0 Å². The number of Topliss-reactive ketones (excluding diaryl/α,β-unsaturated/α-hetero) is 1. The van der Waals surface area contributed by atoms with Crippen molar-refractivity contribution in [2.75, 3.05) is 26.3 Å². The number of allylic oxidation sites excluding steroid dienone is 7. The molecule has 1 N–H and O–H groups in total. The van der Waals surface area contributed by atoms with Crippen molar-refractivity contribution >= 4 is 28.7 Å². The number of halogens is 3. The molecule has 1 aromatic rings. The molecular weight excluding hydrogens is 585 g/mol. The van der Waals surface area contributed by atoms with E-state index in [1.165, 1.54) is 11.1 Å². The number of rotatable bonds is 11. The maximum absolute atomic E-state index is 13.5. The molecule has 9 heteroatoms. The second-order valence-corrected chi connectivity index (χ2v) is 13.2. The lowest BCUT2D eigenvalue weighted by molar-refractivity contribution is -0.0925. The molecule has 4 atom stereocenters. The summed E-state index contributed by atoms with van der Waals surface area (Å²) >= 11 is 1.75. The summed E-state index contributed by atoms with van der Waals surface area (Å²) < 4.78 is 51.9. The van der Waals surface area contributed by atoms with Crippen LogP contribution < -0.4 is 10.1 Å². The van der Waals surface area contributed by atoms with Crippen LogP contribution in [0.3, 0.4) is 0 Å². The molecule has 1 fully saturated rings. The van der Waals surface area contributed by atoms with Crippen molar-refractivity contribution in [3.05, 3.63) is 69.8 Å². The number of hydrogen-bond acceptors (Lipinski definition) is 6. The van der Waals surface area contributed by atoms with Crippen molar-refractivity contribution < 1.29 is 27.4 Å². The third-order valence-electron chi connectivity index (χ3n) is 8.10. The number of hydrogen-bond donors (Lipinski definition) is 1. The minimum absolute atomic E-state index is 0.0225. The van der Waals surface area contributed by atoms with Gasteiger partial charge in [0.25, 0.3) is 0 Å². The molecule has 3 aliphatic rings. The lowest BCUT2D eigenvalue weighted by Crippen LogP contribution is -2.41. The van der Waals surface area contributed by atoms with Gasteiger partial charge in [-0.05, 0) is 84.1 Å². The number of alkyl halides is 3. The van der Waals surface area contributed by atoms with Crippen molar-refractivity contribution in [1.82, 2.24) is 5.32 Å². The predicted molar refractivity (Wildman–Crippen MR) is 174 cm³/mol. The zero-order valence-electron chi connectivity index (χ0n) is 26.2. The number of carbonyl (C=O) groups excluding carboxylic acids is 1. The second kappa shape index (κ2) is 16.1. The Morgan fingerprint density at radius 1 is 1.16 bits per heavy atom. The van der Waals surface area contributed by atoms with Crippen LogP contribution in [0.2, 0.25) is 0 Å². The summed E-state index contributed by atoms with van der Waals surface area (Å²) in [7, 11) is 0. The van der Waals surface area contributed by atoms with E-state index in [2.05, 4.69) is 36.3 Å². The summed E-state index contributed by atoms with van der Waals surface area (Å²) in [5.41, 5.74) is 1.51. The van der Waals surface area contributed by atoms with Crippen molar-refractivity contribution in [1.29, 1.82) is 0 Å². The van der Waals surface area contributed by atoms with Crippen LogP contribution in [0.15, 0.2) is 63.7 Å². The molecule has 3 aliphatic heterocycles. The summed E-state index contributed by atoms with van der Waals surface area (Å²) in [4.78, 5) is 19.7. The van der Waals surface area contributed by atoms with Crippen molar-refractivity contribution in [3.8, 4) is 5.75 Å². The molecule has 0 radical (unpaired) electrons. The first-order valence-electron chi connectivity index (χ1n) is 15.8. The second-order valence-electron chi connectivity index (χ2n) is 12.1. The van der Waals surface area contributed by atoms with Gasteiger partial charge in [-0.2, -0.15) is 13.2 Å². The third kappa shape index (κ3) is 10.2. The lowest BCUT2D eigenvalue weighted by Gasteiger charge is -2.24. The molecule has 4 rings (SSSR count). The van der Waals surface area contributed by atoms with Gasteiger partial charge in [-0.1, -0.05) is 63.8 Å². The summed E-state index contributed by atoms with van der Waals surface area (Å²) in [6, 6.07) is 5.81. The molecule has 0 aliphatic carbocycles. The van der Waals surface area contributed by atoms with Crippen LogP contribution in [0.4, 0.5) is 13.2 Å². The van der Waals surface area contributed by atoms with E-state index < -0.39 is 11.9 Å². The minimum Gasteiger partial charge on any atom is -0.491 e. The van der Waals surface area contributed by atoms with E-state index in [0.29, 0.717) is 49.7 Å². The molecule has 2 unspecified atom stereocenters. The molecule has 0 aromatic heterocycles. The van der Waals surface area contributed by atoms with Gasteiger partial charge in [0.1, 0.15) is 24.2 Å². The first-order chi connectivity index (χ1) is 21.0. The van der Waals surface area contributed by atoms with E-state index in [0.717, 1.165) is 48.0 Å². The van der Waals surface area contributed by atoms with Crippen molar-refractivity contribution in [2.24, 2.45) is 22.7 Å².